The van der Waals surface area contributed by atoms with Gasteiger partial charge in [-0.05, 0) is 38.8 Å². The van der Waals surface area contributed by atoms with Crippen molar-refractivity contribution in [1.29, 1.82) is 0 Å². The van der Waals surface area contributed by atoms with Gasteiger partial charge in [-0.2, -0.15) is 0 Å². The first-order chi connectivity index (χ1) is 9.47. The van der Waals surface area contributed by atoms with Crippen molar-refractivity contribution in [3.8, 4) is 0 Å². The maximum absolute atomic E-state index is 11.5. The molecule has 1 heterocycles. The molecule has 7 heteroatoms. The Hall–Kier alpha value is -1.63. The zero-order chi connectivity index (χ0) is 15.0. The van der Waals surface area contributed by atoms with Gasteiger partial charge in [-0.25, -0.2) is 4.79 Å². The molecule has 0 bridgehead atoms. The van der Waals surface area contributed by atoms with E-state index < -0.39 is 17.9 Å². The first kappa shape index (κ1) is 16.4. The van der Waals surface area contributed by atoms with Crippen LogP contribution in [0.3, 0.4) is 0 Å². The summed E-state index contributed by atoms with van der Waals surface area (Å²) in [5.41, 5.74) is 0. The lowest BCUT2D eigenvalue weighted by atomic mass is 9.99. The van der Waals surface area contributed by atoms with Crippen LogP contribution in [-0.4, -0.2) is 54.6 Å². The lowest BCUT2D eigenvalue weighted by Gasteiger charge is -2.29. The minimum absolute atomic E-state index is 0.0475. The summed E-state index contributed by atoms with van der Waals surface area (Å²) in [7, 11) is 2.05. The van der Waals surface area contributed by atoms with Crippen LogP contribution in [0.4, 0.5) is 4.79 Å². The molecule has 0 aliphatic carbocycles. The highest BCUT2D eigenvalue weighted by Gasteiger charge is 2.18. The van der Waals surface area contributed by atoms with Gasteiger partial charge >= 0.3 is 12.0 Å². The van der Waals surface area contributed by atoms with Gasteiger partial charge in [-0.3, -0.25) is 14.9 Å². The molecule has 20 heavy (non-hydrogen) atoms. The molecule has 3 amide bonds. The number of carboxylic acids is 1. The number of likely N-dealkylation sites (tertiary alicyclic amines) is 1. The Labute approximate surface area is 118 Å². The fourth-order valence-corrected chi connectivity index (χ4v) is 2.31. The van der Waals surface area contributed by atoms with Gasteiger partial charge in [-0.15, -0.1) is 0 Å². The van der Waals surface area contributed by atoms with Crippen molar-refractivity contribution in [1.82, 2.24) is 15.5 Å². The summed E-state index contributed by atoms with van der Waals surface area (Å²) in [6.07, 6.45) is 2.42. The first-order valence-electron chi connectivity index (χ1n) is 6.95. The van der Waals surface area contributed by atoms with Crippen LogP contribution in [0.2, 0.25) is 0 Å². The summed E-state index contributed by atoms with van der Waals surface area (Å²) in [6, 6.07) is -0.501. The van der Waals surface area contributed by atoms with Crippen molar-refractivity contribution < 1.29 is 19.5 Å². The molecule has 1 unspecified atom stereocenters. The van der Waals surface area contributed by atoms with Gasteiger partial charge in [0.15, 0.2) is 0 Å². The van der Waals surface area contributed by atoms with Gasteiger partial charge in [0.2, 0.25) is 5.91 Å². The molecular formula is C13H23N3O4. The van der Waals surface area contributed by atoms with Crippen molar-refractivity contribution in [2.45, 2.75) is 32.1 Å². The molecule has 7 nitrogen and oxygen atoms in total. The van der Waals surface area contributed by atoms with Crippen LogP contribution in [0.5, 0.6) is 0 Å². The second-order valence-corrected chi connectivity index (χ2v) is 5.28. The van der Waals surface area contributed by atoms with E-state index in [0.717, 1.165) is 25.9 Å². The number of hydrogen-bond acceptors (Lipinski definition) is 4. The molecule has 0 aromatic carbocycles. The quantitative estimate of drug-likeness (QED) is 0.656. The Morgan fingerprint density at radius 1 is 1.30 bits per heavy atom. The fourth-order valence-electron chi connectivity index (χ4n) is 2.31. The van der Waals surface area contributed by atoms with Crippen LogP contribution in [0.25, 0.3) is 0 Å². The third kappa shape index (κ3) is 7.08. The minimum atomic E-state index is -0.941. The number of amides is 3. The van der Waals surface area contributed by atoms with Crippen molar-refractivity contribution in [2.24, 2.45) is 5.92 Å². The Morgan fingerprint density at radius 2 is 2.05 bits per heavy atom. The highest BCUT2D eigenvalue weighted by atomic mass is 16.4. The van der Waals surface area contributed by atoms with Crippen LogP contribution in [0.15, 0.2) is 0 Å². The van der Waals surface area contributed by atoms with Gasteiger partial charge in [0.05, 0.1) is 0 Å². The van der Waals surface area contributed by atoms with Crippen molar-refractivity contribution in [3.05, 3.63) is 0 Å². The summed E-state index contributed by atoms with van der Waals surface area (Å²) in [6.45, 7) is 2.59. The predicted octanol–water partition coefficient (Wildman–Crippen LogP) is 0.409. The van der Waals surface area contributed by atoms with E-state index in [9.17, 15) is 14.4 Å². The number of rotatable bonds is 6. The van der Waals surface area contributed by atoms with Crippen LogP contribution >= 0.6 is 0 Å². The summed E-state index contributed by atoms with van der Waals surface area (Å²) >= 11 is 0. The maximum atomic E-state index is 11.5. The normalized spacial score (nSPS) is 19.4. The van der Waals surface area contributed by atoms with E-state index in [4.69, 9.17) is 5.11 Å². The number of aliphatic carboxylic acids is 1. The number of hydrogen-bond donors (Lipinski definition) is 3. The zero-order valence-electron chi connectivity index (χ0n) is 11.9. The van der Waals surface area contributed by atoms with Gasteiger partial charge in [-0.1, -0.05) is 0 Å². The topological polar surface area (TPSA) is 98.7 Å². The number of carbonyl (C=O) groups excluding carboxylic acids is 2. The number of nitrogens with zero attached hydrogens (tertiary/aromatic N) is 1. The lowest BCUT2D eigenvalue weighted by Crippen LogP contribution is -2.44. The Balaban J connectivity index is 2.13. The van der Waals surface area contributed by atoms with E-state index in [1.165, 1.54) is 0 Å². The van der Waals surface area contributed by atoms with Crippen molar-refractivity contribution >= 4 is 17.9 Å². The summed E-state index contributed by atoms with van der Waals surface area (Å²) in [5, 5.41) is 13.3. The van der Waals surface area contributed by atoms with Crippen molar-refractivity contribution in [3.63, 3.8) is 0 Å². The second kappa shape index (κ2) is 8.52. The van der Waals surface area contributed by atoms with Gasteiger partial charge in [0, 0.05) is 25.9 Å². The van der Waals surface area contributed by atoms with Gasteiger partial charge in [0.25, 0.3) is 0 Å². The van der Waals surface area contributed by atoms with E-state index in [1.54, 1.807) is 0 Å². The molecule has 1 aliphatic heterocycles. The molecule has 1 rings (SSSR count). The highest BCUT2D eigenvalue weighted by Crippen LogP contribution is 2.13. The molecular weight excluding hydrogens is 262 g/mol. The molecule has 114 valence electrons. The summed E-state index contributed by atoms with van der Waals surface area (Å²) < 4.78 is 0. The average Bonchev–Trinajstić information content (AvgIpc) is 2.36. The molecule has 0 saturated carbocycles. The Morgan fingerprint density at radius 3 is 2.70 bits per heavy atom. The van der Waals surface area contributed by atoms with Crippen LogP contribution in [0.1, 0.15) is 32.1 Å². The van der Waals surface area contributed by atoms with E-state index in [2.05, 4.69) is 22.6 Å². The van der Waals surface area contributed by atoms with E-state index >= 15 is 0 Å². The SMILES string of the molecule is CN1CCCC(CNC(=O)NC(=O)CCCC(=O)O)C1. The lowest BCUT2D eigenvalue weighted by molar-refractivity contribution is -0.137. The molecule has 0 aromatic rings. The zero-order valence-corrected chi connectivity index (χ0v) is 11.9. The van der Waals surface area contributed by atoms with Crippen LogP contribution in [0, 0.1) is 5.92 Å². The van der Waals surface area contributed by atoms with E-state index in [1.807, 2.05) is 0 Å². The van der Waals surface area contributed by atoms with Crippen LogP contribution < -0.4 is 10.6 Å². The first-order valence-corrected chi connectivity index (χ1v) is 6.95. The summed E-state index contributed by atoms with van der Waals surface area (Å²) in [5.74, 6) is -0.963. The smallest absolute Gasteiger partial charge is 0.321 e. The molecule has 1 atom stereocenters. The molecule has 1 saturated heterocycles. The minimum Gasteiger partial charge on any atom is -0.481 e. The number of urea groups is 1. The Kier molecular flexibility index (Phi) is 7.00. The third-order valence-electron chi connectivity index (χ3n) is 3.32. The third-order valence-corrected chi connectivity index (χ3v) is 3.32. The summed E-state index contributed by atoms with van der Waals surface area (Å²) in [4.78, 5) is 35.4. The van der Waals surface area contributed by atoms with E-state index in [-0.39, 0.29) is 19.3 Å². The van der Waals surface area contributed by atoms with Gasteiger partial charge in [0.1, 0.15) is 0 Å². The molecule has 3 N–H and O–H groups in total. The van der Waals surface area contributed by atoms with E-state index in [0.29, 0.717) is 12.5 Å². The monoisotopic (exact) mass is 285 g/mol. The Bertz CT molecular complexity index is 360. The van der Waals surface area contributed by atoms with Gasteiger partial charge < -0.3 is 15.3 Å². The number of nitrogens with one attached hydrogen (secondary N) is 2. The highest BCUT2D eigenvalue weighted by molar-refractivity contribution is 5.94. The van der Waals surface area contributed by atoms with Crippen molar-refractivity contribution in [2.75, 3.05) is 26.7 Å². The fraction of sp³-hybridized carbons (Fsp3) is 0.769. The molecule has 0 spiro atoms. The molecule has 0 aromatic heterocycles. The van der Waals surface area contributed by atoms with Crippen LogP contribution in [-0.2, 0) is 9.59 Å². The standard InChI is InChI=1S/C13H23N3O4/c1-16-7-3-4-10(9-16)8-14-13(20)15-11(17)5-2-6-12(18)19/h10H,2-9H2,1H3,(H,18,19)(H2,14,15,17,20). The second-order valence-electron chi connectivity index (χ2n) is 5.28. The molecule has 0 radical (unpaired) electrons. The molecule has 1 aliphatic rings. The molecule has 1 fully saturated rings. The number of carbonyl (C=O) groups is 3. The average molecular weight is 285 g/mol. The number of imide groups is 1. The number of carboxylic acid groups (broad SMARTS) is 1. The maximum Gasteiger partial charge on any atom is 0.321 e. The largest absolute Gasteiger partial charge is 0.481 e. The predicted molar refractivity (Wildman–Crippen MR) is 73.2 cm³/mol. The number of piperidine rings is 1.